The molecule has 1 aliphatic carbocycles. The fourth-order valence-corrected chi connectivity index (χ4v) is 2.71. The molecule has 1 aromatic rings. The highest BCUT2D eigenvalue weighted by Gasteiger charge is 2.24. The van der Waals surface area contributed by atoms with Crippen molar-refractivity contribution in [3.63, 3.8) is 0 Å². The molecule has 1 atom stereocenters. The first kappa shape index (κ1) is 14.7. The lowest BCUT2D eigenvalue weighted by molar-refractivity contribution is 0.303. The van der Waals surface area contributed by atoms with Crippen LogP contribution in [0.15, 0.2) is 18.2 Å². The number of nitrogens with two attached hydrogens (primary N) is 1. The summed E-state index contributed by atoms with van der Waals surface area (Å²) in [6.45, 7) is 0. The smallest absolute Gasteiger partial charge is 0.146 e. The van der Waals surface area contributed by atoms with Gasteiger partial charge in [0, 0.05) is 11.6 Å². The van der Waals surface area contributed by atoms with E-state index in [1.165, 1.54) is 19.3 Å². The van der Waals surface area contributed by atoms with Crippen molar-refractivity contribution in [3.8, 4) is 0 Å². The second-order valence-corrected chi connectivity index (χ2v) is 4.97. The third kappa shape index (κ3) is 3.34. The lowest BCUT2D eigenvalue weighted by Gasteiger charge is -2.28. The third-order valence-corrected chi connectivity index (χ3v) is 3.79. The molecule has 96 valence electrons. The molecule has 1 saturated carbocycles. The normalized spacial score (nSPS) is 18.5. The van der Waals surface area contributed by atoms with Gasteiger partial charge in [0.2, 0.25) is 0 Å². The van der Waals surface area contributed by atoms with Crippen LogP contribution in [0.25, 0.3) is 0 Å². The SMILES string of the molecule is Cl.N[C@@H](c1cccc(Cl)c1F)C1CCCCC1. The molecule has 0 bridgehead atoms. The van der Waals surface area contributed by atoms with Crippen molar-refractivity contribution in [2.45, 2.75) is 38.1 Å². The molecule has 0 aliphatic heterocycles. The van der Waals surface area contributed by atoms with Gasteiger partial charge in [0.05, 0.1) is 5.02 Å². The molecule has 1 aromatic carbocycles. The maximum Gasteiger partial charge on any atom is 0.146 e. The van der Waals surface area contributed by atoms with Crippen molar-refractivity contribution in [1.82, 2.24) is 0 Å². The van der Waals surface area contributed by atoms with Gasteiger partial charge in [-0.3, -0.25) is 0 Å². The maximum atomic E-state index is 13.8. The summed E-state index contributed by atoms with van der Waals surface area (Å²) in [5.41, 5.74) is 6.71. The van der Waals surface area contributed by atoms with Gasteiger partial charge in [0.15, 0.2) is 0 Å². The molecule has 0 radical (unpaired) electrons. The van der Waals surface area contributed by atoms with Gasteiger partial charge >= 0.3 is 0 Å². The standard InChI is InChI=1S/C13H17ClFN.ClH/c14-11-8-4-7-10(12(11)15)13(16)9-5-2-1-3-6-9;/h4,7-9,13H,1-3,5-6,16H2;1H/t13-;/m1./s1. The Labute approximate surface area is 113 Å². The fraction of sp³-hybridized carbons (Fsp3) is 0.538. The van der Waals surface area contributed by atoms with Crippen molar-refractivity contribution in [1.29, 1.82) is 0 Å². The molecule has 2 rings (SSSR count). The van der Waals surface area contributed by atoms with Gasteiger partial charge in [-0.1, -0.05) is 43.0 Å². The zero-order valence-electron chi connectivity index (χ0n) is 9.66. The Morgan fingerprint density at radius 1 is 1.24 bits per heavy atom. The molecule has 1 aliphatic rings. The van der Waals surface area contributed by atoms with Crippen LogP contribution in [0.1, 0.15) is 43.7 Å². The van der Waals surface area contributed by atoms with Crippen LogP contribution in [-0.4, -0.2) is 0 Å². The van der Waals surface area contributed by atoms with E-state index in [9.17, 15) is 4.39 Å². The average molecular weight is 278 g/mol. The maximum absolute atomic E-state index is 13.8. The van der Waals surface area contributed by atoms with E-state index in [4.69, 9.17) is 17.3 Å². The summed E-state index contributed by atoms with van der Waals surface area (Å²) in [6.07, 6.45) is 5.91. The summed E-state index contributed by atoms with van der Waals surface area (Å²) < 4.78 is 13.8. The van der Waals surface area contributed by atoms with Crippen molar-refractivity contribution in [2.75, 3.05) is 0 Å². The minimum Gasteiger partial charge on any atom is -0.324 e. The van der Waals surface area contributed by atoms with Gasteiger partial charge in [0.25, 0.3) is 0 Å². The number of halogens is 3. The predicted octanol–water partition coefficient (Wildman–Crippen LogP) is 4.48. The second-order valence-electron chi connectivity index (χ2n) is 4.57. The third-order valence-electron chi connectivity index (χ3n) is 3.50. The number of hydrogen-bond acceptors (Lipinski definition) is 1. The van der Waals surface area contributed by atoms with Gasteiger partial charge in [-0.15, -0.1) is 12.4 Å². The first-order valence-electron chi connectivity index (χ1n) is 5.89. The molecule has 0 unspecified atom stereocenters. The van der Waals surface area contributed by atoms with E-state index in [1.807, 2.05) is 0 Å². The van der Waals surface area contributed by atoms with E-state index < -0.39 is 0 Å². The molecule has 0 amide bonds. The average Bonchev–Trinajstić information content (AvgIpc) is 2.33. The predicted molar refractivity (Wildman–Crippen MR) is 72.2 cm³/mol. The molecule has 1 fully saturated rings. The summed E-state index contributed by atoms with van der Waals surface area (Å²) in [6, 6.07) is 4.87. The molecular weight excluding hydrogens is 260 g/mol. The van der Waals surface area contributed by atoms with Gasteiger partial charge in [-0.2, -0.15) is 0 Å². The highest BCUT2D eigenvalue weighted by molar-refractivity contribution is 6.30. The lowest BCUT2D eigenvalue weighted by atomic mass is 9.81. The first-order valence-corrected chi connectivity index (χ1v) is 6.27. The quantitative estimate of drug-likeness (QED) is 0.848. The monoisotopic (exact) mass is 277 g/mol. The topological polar surface area (TPSA) is 26.0 Å². The van der Waals surface area contributed by atoms with E-state index in [1.54, 1.807) is 18.2 Å². The Bertz CT molecular complexity index is 364. The van der Waals surface area contributed by atoms with E-state index >= 15 is 0 Å². The number of hydrogen-bond donors (Lipinski definition) is 1. The van der Waals surface area contributed by atoms with Crippen LogP contribution in [0.3, 0.4) is 0 Å². The van der Waals surface area contributed by atoms with Crippen LogP contribution in [0.4, 0.5) is 4.39 Å². The largest absolute Gasteiger partial charge is 0.324 e. The molecule has 0 saturated heterocycles. The molecule has 1 nitrogen and oxygen atoms in total. The Morgan fingerprint density at radius 3 is 2.53 bits per heavy atom. The van der Waals surface area contributed by atoms with Crippen LogP contribution in [0.2, 0.25) is 5.02 Å². The molecule has 0 spiro atoms. The van der Waals surface area contributed by atoms with E-state index in [2.05, 4.69) is 0 Å². The summed E-state index contributed by atoms with van der Waals surface area (Å²) in [5.74, 6) is 0.0592. The molecule has 17 heavy (non-hydrogen) atoms. The summed E-state index contributed by atoms with van der Waals surface area (Å²) in [4.78, 5) is 0. The molecule has 0 heterocycles. The van der Waals surface area contributed by atoms with Gasteiger partial charge in [0.1, 0.15) is 5.82 Å². The van der Waals surface area contributed by atoms with Gasteiger partial charge in [-0.25, -0.2) is 4.39 Å². The fourth-order valence-electron chi connectivity index (χ4n) is 2.53. The Balaban J connectivity index is 0.00000144. The van der Waals surface area contributed by atoms with Gasteiger partial charge < -0.3 is 5.73 Å². The Morgan fingerprint density at radius 2 is 1.88 bits per heavy atom. The highest BCUT2D eigenvalue weighted by Crippen LogP contribution is 2.34. The van der Waals surface area contributed by atoms with Crippen molar-refractivity contribution in [2.24, 2.45) is 11.7 Å². The summed E-state index contributed by atoms with van der Waals surface area (Å²) in [7, 11) is 0. The molecule has 2 N–H and O–H groups in total. The Hall–Kier alpha value is -0.310. The van der Waals surface area contributed by atoms with Crippen molar-refractivity contribution in [3.05, 3.63) is 34.6 Å². The zero-order chi connectivity index (χ0) is 11.5. The van der Waals surface area contributed by atoms with Crippen molar-refractivity contribution < 1.29 is 4.39 Å². The van der Waals surface area contributed by atoms with Gasteiger partial charge in [-0.05, 0) is 24.8 Å². The molecular formula is C13H18Cl2FN. The van der Waals surface area contributed by atoms with Crippen LogP contribution < -0.4 is 5.73 Å². The lowest BCUT2D eigenvalue weighted by Crippen LogP contribution is -2.24. The Kier molecular flexibility index (Phi) is 5.71. The minimum atomic E-state index is -0.345. The summed E-state index contributed by atoms with van der Waals surface area (Å²) >= 11 is 5.77. The van der Waals surface area contributed by atoms with E-state index in [0.717, 1.165) is 12.8 Å². The van der Waals surface area contributed by atoms with Crippen molar-refractivity contribution >= 4 is 24.0 Å². The second kappa shape index (κ2) is 6.58. The molecule has 4 heteroatoms. The van der Waals surface area contributed by atoms with Crippen LogP contribution >= 0.6 is 24.0 Å². The zero-order valence-corrected chi connectivity index (χ0v) is 11.2. The highest BCUT2D eigenvalue weighted by atomic mass is 35.5. The number of benzene rings is 1. The van der Waals surface area contributed by atoms with Crippen LogP contribution in [-0.2, 0) is 0 Å². The first-order chi connectivity index (χ1) is 7.70. The van der Waals surface area contributed by atoms with Crippen LogP contribution in [0.5, 0.6) is 0 Å². The van der Waals surface area contributed by atoms with Crippen LogP contribution in [0, 0.1) is 11.7 Å². The van der Waals surface area contributed by atoms with E-state index in [-0.39, 0.29) is 29.3 Å². The number of rotatable bonds is 2. The summed E-state index contributed by atoms with van der Waals surface area (Å²) in [5, 5.41) is 0.170. The minimum absolute atomic E-state index is 0. The van der Waals surface area contributed by atoms with E-state index in [0.29, 0.717) is 11.5 Å². The molecule has 0 aromatic heterocycles.